The number of hydrogen-bond donors (Lipinski definition) is 1. The molecule has 1 aromatic carbocycles. The highest BCUT2D eigenvalue weighted by Gasteiger charge is 2.32. The molecule has 0 radical (unpaired) electrons. The fraction of sp³-hybridized carbons (Fsp3) is 0.0909. The third-order valence-electron chi connectivity index (χ3n) is 2.45. The van der Waals surface area contributed by atoms with E-state index >= 15 is 0 Å². The Bertz CT molecular complexity index is 511. The minimum atomic E-state index is -0.397. The van der Waals surface area contributed by atoms with Crippen LogP contribution in [0.3, 0.4) is 0 Å². The average Bonchev–Trinajstić information content (AvgIpc) is 2.56. The fourth-order valence-corrected chi connectivity index (χ4v) is 2.28. The van der Waals surface area contributed by atoms with Crippen molar-refractivity contribution < 1.29 is 9.59 Å². The fourth-order valence-electron chi connectivity index (χ4n) is 1.67. The summed E-state index contributed by atoms with van der Waals surface area (Å²) in [5.41, 5.74) is 7.40. The van der Waals surface area contributed by atoms with E-state index in [1.165, 1.54) is 0 Å². The standard InChI is InChI=1S/C11H9BrN2O2/c1-2-10(15)14-5-8-7(11(14)16)3-6(13)4-9(8)12/h2-4H,1,5,13H2. The molecule has 1 heterocycles. The van der Waals surface area contributed by atoms with Crippen LogP contribution in [0.4, 0.5) is 5.69 Å². The highest BCUT2D eigenvalue weighted by molar-refractivity contribution is 9.10. The van der Waals surface area contributed by atoms with Gasteiger partial charge in [0.1, 0.15) is 0 Å². The molecule has 4 nitrogen and oxygen atoms in total. The minimum absolute atomic E-state index is 0.264. The largest absolute Gasteiger partial charge is 0.399 e. The van der Waals surface area contributed by atoms with Crippen molar-refractivity contribution >= 4 is 33.4 Å². The first-order chi connectivity index (χ1) is 7.54. The molecule has 0 unspecified atom stereocenters. The van der Waals surface area contributed by atoms with Gasteiger partial charge in [0.2, 0.25) is 0 Å². The van der Waals surface area contributed by atoms with Crippen LogP contribution in [0.5, 0.6) is 0 Å². The third kappa shape index (κ3) is 1.53. The van der Waals surface area contributed by atoms with Gasteiger partial charge in [0.05, 0.1) is 6.54 Å². The second-order valence-corrected chi connectivity index (χ2v) is 4.32. The quantitative estimate of drug-likeness (QED) is 0.629. The van der Waals surface area contributed by atoms with Crippen molar-refractivity contribution in [3.63, 3.8) is 0 Å². The summed E-state index contributed by atoms with van der Waals surface area (Å²) in [6.07, 6.45) is 1.13. The van der Waals surface area contributed by atoms with E-state index in [0.717, 1.165) is 21.0 Å². The third-order valence-corrected chi connectivity index (χ3v) is 3.16. The smallest absolute Gasteiger partial charge is 0.261 e. The molecule has 0 aromatic heterocycles. The van der Waals surface area contributed by atoms with Gasteiger partial charge < -0.3 is 5.73 Å². The molecule has 0 atom stereocenters. The second-order valence-electron chi connectivity index (χ2n) is 3.46. The van der Waals surface area contributed by atoms with Gasteiger partial charge in [0.15, 0.2) is 0 Å². The van der Waals surface area contributed by atoms with Crippen molar-refractivity contribution in [3.8, 4) is 0 Å². The molecule has 82 valence electrons. The number of fused-ring (bicyclic) bond motifs is 1. The Kier molecular flexibility index (Phi) is 2.55. The summed E-state index contributed by atoms with van der Waals surface area (Å²) in [7, 11) is 0. The molecule has 0 bridgehead atoms. The predicted molar refractivity (Wildman–Crippen MR) is 63.6 cm³/mol. The first-order valence-electron chi connectivity index (χ1n) is 4.60. The number of hydrogen-bond acceptors (Lipinski definition) is 3. The van der Waals surface area contributed by atoms with Crippen molar-refractivity contribution in [1.82, 2.24) is 4.90 Å². The number of nitrogen functional groups attached to an aromatic ring is 1. The van der Waals surface area contributed by atoms with Crippen LogP contribution in [0.2, 0.25) is 0 Å². The van der Waals surface area contributed by atoms with Crippen LogP contribution < -0.4 is 5.73 Å². The van der Waals surface area contributed by atoms with Gasteiger partial charge in [-0.2, -0.15) is 0 Å². The van der Waals surface area contributed by atoms with Crippen LogP contribution >= 0.6 is 15.9 Å². The van der Waals surface area contributed by atoms with Crippen molar-refractivity contribution in [2.45, 2.75) is 6.54 Å². The number of anilines is 1. The lowest BCUT2D eigenvalue weighted by Crippen LogP contribution is -2.29. The Balaban J connectivity index is 2.50. The van der Waals surface area contributed by atoms with E-state index in [2.05, 4.69) is 22.5 Å². The first kappa shape index (κ1) is 10.9. The molecule has 0 saturated heterocycles. The number of carbonyl (C=O) groups is 2. The number of rotatable bonds is 1. The molecule has 16 heavy (non-hydrogen) atoms. The van der Waals surface area contributed by atoms with Crippen molar-refractivity contribution in [2.75, 3.05) is 5.73 Å². The van der Waals surface area contributed by atoms with E-state index in [1.54, 1.807) is 12.1 Å². The van der Waals surface area contributed by atoms with Crippen LogP contribution in [0.1, 0.15) is 15.9 Å². The summed E-state index contributed by atoms with van der Waals surface area (Å²) in [5.74, 6) is -0.723. The van der Waals surface area contributed by atoms with Gasteiger partial charge in [-0.3, -0.25) is 14.5 Å². The van der Waals surface area contributed by atoms with Crippen molar-refractivity contribution in [2.24, 2.45) is 0 Å². The summed E-state index contributed by atoms with van der Waals surface area (Å²) in [5, 5.41) is 0. The number of amides is 2. The lowest BCUT2D eigenvalue weighted by atomic mass is 10.1. The summed E-state index contributed by atoms with van der Waals surface area (Å²) in [4.78, 5) is 24.5. The van der Waals surface area contributed by atoms with Gasteiger partial charge in [-0.1, -0.05) is 22.5 Å². The molecule has 0 fully saturated rings. The number of halogens is 1. The summed E-state index contributed by atoms with van der Waals surface area (Å²) in [6.45, 7) is 3.63. The molecule has 2 rings (SSSR count). The maximum Gasteiger partial charge on any atom is 0.261 e. The van der Waals surface area contributed by atoms with Crippen LogP contribution in [0.25, 0.3) is 0 Å². The summed E-state index contributed by atoms with van der Waals surface area (Å²) in [6, 6.07) is 3.30. The van der Waals surface area contributed by atoms with Gasteiger partial charge in [0.25, 0.3) is 11.8 Å². The monoisotopic (exact) mass is 280 g/mol. The zero-order valence-electron chi connectivity index (χ0n) is 8.37. The van der Waals surface area contributed by atoms with E-state index in [-0.39, 0.29) is 12.5 Å². The normalized spacial score (nSPS) is 13.8. The molecule has 1 aromatic rings. The van der Waals surface area contributed by atoms with Gasteiger partial charge in [-0.05, 0) is 23.8 Å². The Hall–Kier alpha value is -1.62. The molecule has 2 amide bonds. The maximum absolute atomic E-state index is 11.9. The average molecular weight is 281 g/mol. The second kappa shape index (κ2) is 3.75. The van der Waals surface area contributed by atoms with Crippen LogP contribution in [-0.2, 0) is 11.3 Å². The highest BCUT2D eigenvalue weighted by Crippen LogP contribution is 2.31. The van der Waals surface area contributed by atoms with Crippen molar-refractivity contribution in [1.29, 1.82) is 0 Å². The molecule has 0 saturated carbocycles. The topological polar surface area (TPSA) is 63.4 Å². The molecule has 0 spiro atoms. The number of benzene rings is 1. The van der Waals surface area contributed by atoms with Gasteiger partial charge in [-0.25, -0.2) is 0 Å². The Morgan fingerprint density at radius 3 is 2.88 bits per heavy atom. The van der Waals surface area contributed by atoms with Gasteiger partial charge in [0, 0.05) is 15.7 Å². The summed E-state index contributed by atoms with van der Waals surface area (Å²) >= 11 is 3.33. The highest BCUT2D eigenvalue weighted by atomic mass is 79.9. The van der Waals surface area contributed by atoms with E-state index < -0.39 is 5.91 Å². The predicted octanol–water partition coefficient (Wildman–Crippen LogP) is 1.70. The number of imide groups is 1. The minimum Gasteiger partial charge on any atom is -0.399 e. The zero-order chi connectivity index (χ0) is 11.9. The maximum atomic E-state index is 11.9. The molecular formula is C11H9BrN2O2. The lowest BCUT2D eigenvalue weighted by Gasteiger charge is -2.09. The molecule has 2 N–H and O–H groups in total. The molecule has 1 aliphatic rings. The zero-order valence-corrected chi connectivity index (χ0v) is 9.95. The number of carbonyl (C=O) groups excluding carboxylic acids is 2. The van der Waals surface area contributed by atoms with E-state index in [9.17, 15) is 9.59 Å². The molecule has 0 aliphatic carbocycles. The van der Waals surface area contributed by atoms with Crippen LogP contribution in [-0.4, -0.2) is 16.7 Å². The SMILES string of the molecule is C=CC(=O)N1Cc2c(Br)cc(N)cc2C1=O. The van der Waals surface area contributed by atoms with Crippen LogP contribution in [0.15, 0.2) is 29.3 Å². The molecular weight excluding hydrogens is 272 g/mol. The van der Waals surface area contributed by atoms with Crippen molar-refractivity contribution in [3.05, 3.63) is 40.4 Å². The Labute approximate surface area is 101 Å². The van der Waals surface area contributed by atoms with Crippen LogP contribution in [0, 0.1) is 0 Å². The molecule has 1 aliphatic heterocycles. The van der Waals surface area contributed by atoms with E-state index in [0.29, 0.717) is 11.3 Å². The van der Waals surface area contributed by atoms with E-state index in [4.69, 9.17) is 5.73 Å². The Morgan fingerprint density at radius 2 is 2.25 bits per heavy atom. The molecule has 5 heteroatoms. The summed E-state index contributed by atoms with van der Waals surface area (Å²) < 4.78 is 0.746. The first-order valence-corrected chi connectivity index (χ1v) is 5.40. The van der Waals surface area contributed by atoms with E-state index in [1.807, 2.05) is 0 Å². The van der Waals surface area contributed by atoms with Gasteiger partial charge in [-0.15, -0.1) is 0 Å². The number of nitrogens with two attached hydrogens (primary N) is 1. The Morgan fingerprint density at radius 1 is 1.56 bits per heavy atom. The number of nitrogens with zero attached hydrogens (tertiary/aromatic N) is 1. The van der Waals surface area contributed by atoms with Gasteiger partial charge >= 0.3 is 0 Å². The lowest BCUT2D eigenvalue weighted by molar-refractivity contribution is -0.123.